The third-order valence-electron chi connectivity index (χ3n) is 6.51. The normalized spacial score (nSPS) is 16.3. The molecule has 10 nitrogen and oxygen atoms in total. The van der Waals surface area contributed by atoms with Gasteiger partial charge in [-0.1, -0.05) is 0 Å². The van der Waals surface area contributed by atoms with Gasteiger partial charge in [0.25, 0.3) is 0 Å². The summed E-state index contributed by atoms with van der Waals surface area (Å²) in [5.41, 5.74) is 4.21. The fourth-order valence-electron chi connectivity index (χ4n) is 4.46. The Morgan fingerprint density at radius 2 is 1.97 bits per heavy atom. The minimum Gasteiger partial charge on any atom is -0.366 e. The van der Waals surface area contributed by atoms with Gasteiger partial charge in [-0.15, -0.1) is 0 Å². The summed E-state index contributed by atoms with van der Waals surface area (Å²) in [6.45, 7) is 5.61. The van der Waals surface area contributed by atoms with E-state index in [1.165, 1.54) is 16.2 Å². The van der Waals surface area contributed by atoms with Crippen molar-refractivity contribution < 1.29 is 8.42 Å². The number of piperazine rings is 1. The maximum absolute atomic E-state index is 12.1. The van der Waals surface area contributed by atoms with Crippen LogP contribution in [0.5, 0.6) is 0 Å². The van der Waals surface area contributed by atoms with Crippen molar-refractivity contribution in [3.63, 3.8) is 0 Å². The first kappa shape index (κ1) is 24.0. The Labute approximate surface area is 211 Å². The molecular formula is C25H30N8O2S. The summed E-state index contributed by atoms with van der Waals surface area (Å²) in [5.74, 6) is 0.491. The highest BCUT2D eigenvalue weighted by Crippen LogP contribution is 2.25. The topological polar surface area (TPSA) is 108 Å². The SMILES string of the molecule is CC1CNCCN1c1ccc(Nc2ncc3ccn(Cc4cnccc4N(C)S(C)(=O)=O)c3n2)cc1. The number of benzene rings is 1. The smallest absolute Gasteiger partial charge is 0.232 e. The molecule has 1 aliphatic heterocycles. The number of anilines is 4. The maximum atomic E-state index is 12.1. The van der Waals surface area contributed by atoms with Crippen LogP contribution in [0.25, 0.3) is 11.0 Å². The number of hydrogen-bond donors (Lipinski definition) is 2. The number of nitrogens with one attached hydrogen (secondary N) is 2. The predicted octanol–water partition coefficient (Wildman–Crippen LogP) is 2.81. The number of aromatic nitrogens is 4. The summed E-state index contributed by atoms with van der Waals surface area (Å²) in [6.07, 6.45) is 8.16. The van der Waals surface area contributed by atoms with E-state index in [4.69, 9.17) is 4.98 Å². The minimum absolute atomic E-state index is 0.417. The van der Waals surface area contributed by atoms with Crippen molar-refractivity contribution in [2.24, 2.45) is 0 Å². The van der Waals surface area contributed by atoms with Gasteiger partial charge in [0.15, 0.2) is 0 Å². The highest BCUT2D eigenvalue weighted by atomic mass is 32.2. The zero-order valence-corrected chi connectivity index (χ0v) is 21.4. The summed E-state index contributed by atoms with van der Waals surface area (Å²) in [6, 6.07) is 12.4. The van der Waals surface area contributed by atoms with Gasteiger partial charge in [-0.25, -0.2) is 13.4 Å². The third kappa shape index (κ3) is 4.98. The molecule has 0 aliphatic carbocycles. The minimum atomic E-state index is -3.40. The van der Waals surface area contributed by atoms with E-state index in [0.717, 1.165) is 41.9 Å². The summed E-state index contributed by atoms with van der Waals surface area (Å²) in [7, 11) is -1.86. The molecule has 4 aromatic rings. The van der Waals surface area contributed by atoms with Crippen LogP contribution >= 0.6 is 0 Å². The van der Waals surface area contributed by atoms with Gasteiger partial charge in [-0.2, -0.15) is 4.98 Å². The molecule has 1 aromatic carbocycles. The van der Waals surface area contributed by atoms with Gasteiger partial charge >= 0.3 is 0 Å². The summed E-state index contributed by atoms with van der Waals surface area (Å²) >= 11 is 0. The third-order valence-corrected chi connectivity index (χ3v) is 7.71. The molecule has 0 radical (unpaired) electrons. The molecule has 188 valence electrons. The Balaban J connectivity index is 1.37. The quantitative estimate of drug-likeness (QED) is 0.394. The number of hydrogen-bond acceptors (Lipinski definition) is 8. The van der Waals surface area contributed by atoms with Gasteiger partial charge in [-0.05, 0) is 43.3 Å². The van der Waals surface area contributed by atoms with Crippen molar-refractivity contribution in [1.82, 2.24) is 24.8 Å². The monoisotopic (exact) mass is 506 g/mol. The molecule has 4 heterocycles. The van der Waals surface area contributed by atoms with Crippen molar-refractivity contribution in [2.45, 2.75) is 19.5 Å². The Hall–Kier alpha value is -3.70. The lowest BCUT2D eigenvalue weighted by Gasteiger charge is -2.36. The second-order valence-electron chi connectivity index (χ2n) is 9.07. The molecule has 36 heavy (non-hydrogen) atoms. The van der Waals surface area contributed by atoms with Crippen molar-refractivity contribution in [2.75, 3.05) is 47.5 Å². The second-order valence-corrected chi connectivity index (χ2v) is 11.1. The molecule has 1 unspecified atom stereocenters. The highest BCUT2D eigenvalue weighted by Gasteiger charge is 2.19. The molecule has 1 saturated heterocycles. The summed E-state index contributed by atoms with van der Waals surface area (Å²) in [5, 5.41) is 7.62. The lowest BCUT2D eigenvalue weighted by molar-refractivity contribution is 0.501. The van der Waals surface area contributed by atoms with E-state index in [0.29, 0.717) is 24.2 Å². The summed E-state index contributed by atoms with van der Waals surface area (Å²) < 4.78 is 27.4. The van der Waals surface area contributed by atoms with Crippen molar-refractivity contribution in [3.8, 4) is 0 Å². The van der Waals surface area contributed by atoms with Crippen molar-refractivity contribution in [3.05, 3.63) is 66.7 Å². The van der Waals surface area contributed by atoms with Crippen LogP contribution < -0.4 is 19.8 Å². The standard InChI is InChI=1S/C25H30N8O2S/c1-18-14-27-11-13-33(18)22-6-4-21(5-7-22)29-25-28-16-19-9-12-32(24(19)30-25)17-20-15-26-10-8-23(20)31(2)36(3,34)35/h4-10,12,15-16,18,27H,11,13-14,17H2,1-3H3,(H,28,29,30). The Kier molecular flexibility index (Phi) is 6.50. The van der Waals surface area contributed by atoms with Gasteiger partial charge in [0, 0.05) is 79.8 Å². The first-order valence-corrected chi connectivity index (χ1v) is 13.7. The molecule has 3 aromatic heterocycles. The fourth-order valence-corrected chi connectivity index (χ4v) is 4.99. The predicted molar refractivity (Wildman–Crippen MR) is 144 cm³/mol. The van der Waals surface area contributed by atoms with E-state index in [-0.39, 0.29) is 0 Å². The number of sulfonamides is 1. The number of rotatable bonds is 7. The maximum Gasteiger partial charge on any atom is 0.232 e. The van der Waals surface area contributed by atoms with E-state index < -0.39 is 10.0 Å². The van der Waals surface area contributed by atoms with E-state index in [1.807, 2.05) is 29.0 Å². The lowest BCUT2D eigenvalue weighted by Crippen LogP contribution is -2.49. The van der Waals surface area contributed by atoms with Gasteiger partial charge in [0.1, 0.15) is 5.65 Å². The molecule has 0 bridgehead atoms. The van der Waals surface area contributed by atoms with Crippen LogP contribution in [-0.2, 0) is 16.6 Å². The van der Waals surface area contributed by atoms with Gasteiger partial charge < -0.3 is 20.1 Å². The Bertz CT molecular complexity index is 1470. The van der Waals surface area contributed by atoms with E-state index in [1.54, 1.807) is 31.7 Å². The van der Waals surface area contributed by atoms with Crippen molar-refractivity contribution >= 4 is 44.1 Å². The molecule has 11 heteroatoms. The summed E-state index contributed by atoms with van der Waals surface area (Å²) in [4.78, 5) is 15.8. The molecule has 1 atom stereocenters. The Morgan fingerprint density at radius 1 is 1.17 bits per heavy atom. The second kappa shape index (κ2) is 9.75. The van der Waals surface area contributed by atoms with Gasteiger partial charge in [0.2, 0.25) is 16.0 Å². The number of pyridine rings is 1. The average Bonchev–Trinajstić information content (AvgIpc) is 3.26. The van der Waals surface area contributed by atoms with Gasteiger partial charge in [0.05, 0.1) is 18.5 Å². The van der Waals surface area contributed by atoms with Crippen LogP contribution in [0.15, 0.2) is 61.2 Å². The first-order valence-electron chi connectivity index (χ1n) is 11.8. The molecule has 2 N–H and O–H groups in total. The van der Waals surface area contributed by atoms with Crippen LogP contribution in [0, 0.1) is 0 Å². The first-order chi connectivity index (χ1) is 17.3. The van der Waals surface area contributed by atoms with Crippen molar-refractivity contribution in [1.29, 1.82) is 0 Å². The molecule has 5 rings (SSSR count). The van der Waals surface area contributed by atoms with Gasteiger partial charge in [-0.3, -0.25) is 9.29 Å². The zero-order chi connectivity index (χ0) is 25.3. The molecule has 1 aliphatic rings. The van der Waals surface area contributed by atoms with E-state index in [9.17, 15) is 8.42 Å². The number of fused-ring (bicyclic) bond motifs is 1. The molecule has 0 amide bonds. The molecular weight excluding hydrogens is 476 g/mol. The number of nitrogens with zero attached hydrogens (tertiary/aromatic N) is 6. The van der Waals surface area contributed by atoms with E-state index >= 15 is 0 Å². The van der Waals surface area contributed by atoms with E-state index in [2.05, 4.69) is 44.6 Å². The lowest BCUT2D eigenvalue weighted by atomic mass is 10.1. The highest BCUT2D eigenvalue weighted by molar-refractivity contribution is 7.92. The van der Waals surface area contributed by atoms with Crippen LogP contribution in [0.2, 0.25) is 0 Å². The fraction of sp³-hybridized carbons (Fsp3) is 0.320. The average molecular weight is 507 g/mol. The largest absolute Gasteiger partial charge is 0.366 e. The molecule has 0 spiro atoms. The molecule has 0 saturated carbocycles. The zero-order valence-electron chi connectivity index (χ0n) is 20.6. The van der Waals surface area contributed by atoms with Crippen LogP contribution in [0.3, 0.4) is 0 Å². The Morgan fingerprint density at radius 3 is 2.72 bits per heavy atom. The van der Waals surface area contributed by atoms with Crippen LogP contribution in [-0.4, -0.2) is 66.9 Å². The van der Waals surface area contributed by atoms with Crippen LogP contribution in [0.1, 0.15) is 12.5 Å². The molecule has 1 fully saturated rings. The van der Waals surface area contributed by atoms with Crippen LogP contribution in [0.4, 0.5) is 23.0 Å².